The Hall–Kier alpha value is -3.43. The van der Waals surface area contributed by atoms with Crippen molar-refractivity contribution in [2.45, 2.75) is 26.4 Å². The Morgan fingerprint density at radius 2 is 1.78 bits per heavy atom. The summed E-state index contributed by atoms with van der Waals surface area (Å²) in [4.78, 5) is 24.0. The first-order chi connectivity index (χ1) is 17.4. The summed E-state index contributed by atoms with van der Waals surface area (Å²) in [7, 11) is 0. The molecule has 0 bridgehead atoms. The lowest BCUT2D eigenvalue weighted by Gasteiger charge is -2.14. The fourth-order valence-corrected chi connectivity index (χ4v) is 3.74. The van der Waals surface area contributed by atoms with E-state index in [9.17, 15) is 14.0 Å². The molecule has 36 heavy (non-hydrogen) atoms. The molecule has 0 aliphatic rings. The molecule has 2 N–H and O–H groups in total. The fourth-order valence-electron chi connectivity index (χ4n) is 3.04. The lowest BCUT2D eigenvalue weighted by molar-refractivity contribution is -0.124. The number of para-hydroxylation sites is 1. The van der Waals surface area contributed by atoms with Gasteiger partial charge in [0.2, 0.25) is 11.8 Å². The van der Waals surface area contributed by atoms with E-state index in [2.05, 4.69) is 31.8 Å². The average Bonchev–Trinajstić information content (AvgIpc) is 2.85. The number of nitrogens with zero attached hydrogens (tertiary/aromatic N) is 1. The number of hydrogen-bond acceptors (Lipinski definition) is 5. The molecule has 0 spiro atoms. The maximum Gasteiger partial charge on any atom is 0.240 e. The van der Waals surface area contributed by atoms with Crippen molar-refractivity contribution in [3.63, 3.8) is 0 Å². The highest BCUT2D eigenvalue weighted by Gasteiger charge is 2.13. The molecule has 0 saturated heterocycles. The van der Waals surface area contributed by atoms with E-state index < -0.39 is 17.6 Å². The summed E-state index contributed by atoms with van der Waals surface area (Å²) in [6.07, 6.45) is 1.23. The van der Waals surface area contributed by atoms with Gasteiger partial charge >= 0.3 is 0 Å². The lowest BCUT2D eigenvalue weighted by atomic mass is 10.2. The molecular weight excluding hydrogens is 553 g/mol. The molecule has 0 atom stereocenters. The van der Waals surface area contributed by atoms with Crippen molar-refractivity contribution in [2.24, 2.45) is 5.10 Å². The van der Waals surface area contributed by atoms with Gasteiger partial charge in [0.25, 0.3) is 0 Å². The Kier molecular flexibility index (Phi) is 10.3. The Bertz CT molecular complexity index is 1240. The minimum Gasteiger partial charge on any atom is -0.490 e. The van der Waals surface area contributed by atoms with Crippen LogP contribution in [0.3, 0.4) is 0 Å². The van der Waals surface area contributed by atoms with Gasteiger partial charge in [-0.15, -0.1) is 0 Å². The van der Waals surface area contributed by atoms with Gasteiger partial charge in [-0.05, 0) is 70.4 Å². The smallest absolute Gasteiger partial charge is 0.240 e. The maximum absolute atomic E-state index is 13.6. The van der Waals surface area contributed by atoms with Crippen LogP contribution in [0.15, 0.2) is 70.2 Å². The van der Waals surface area contributed by atoms with Crippen LogP contribution in [0.4, 0.5) is 10.1 Å². The molecule has 0 radical (unpaired) electrons. The molecule has 3 aromatic carbocycles. The normalized spacial score (nSPS) is 10.8. The SMILES string of the molecule is CCOc1cc(C=NNC(=O)CCC(=O)Nc2ccccc2F)cc(Br)c1OCc1ccc(Cl)cc1. The highest BCUT2D eigenvalue weighted by Crippen LogP contribution is 2.37. The molecular formula is C26H24BrClFN3O4. The molecule has 7 nitrogen and oxygen atoms in total. The fraction of sp³-hybridized carbons (Fsp3) is 0.192. The van der Waals surface area contributed by atoms with Crippen LogP contribution in [0.5, 0.6) is 11.5 Å². The van der Waals surface area contributed by atoms with Crippen molar-refractivity contribution in [2.75, 3.05) is 11.9 Å². The summed E-state index contributed by atoms with van der Waals surface area (Å²) < 4.78 is 25.9. The van der Waals surface area contributed by atoms with E-state index in [0.717, 1.165) is 5.56 Å². The van der Waals surface area contributed by atoms with Crippen LogP contribution < -0.4 is 20.2 Å². The van der Waals surface area contributed by atoms with Crippen LogP contribution in [0.25, 0.3) is 0 Å². The standard InChI is InChI=1S/C26H24BrClFN3O4/c1-2-35-23-14-18(13-20(27)26(23)36-16-17-7-9-19(28)10-8-17)15-30-32-25(34)12-11-24(33)31-22-6-4-3-5-21(22)29/h3-10,13-15H,2,11-12,16H2,1H3,(H,31,33)(H,32,34). The van der Waals surface area contributed by atoms with E-state index in [-0.39, 0.29) is 18.5 Å². The number of rotatable bonds is 11. The van der Waals surface area contributed by atoms with E-state index in [1.165, 1.54) is 24.4 Å². The lowest BCUT2D eigenvalue weighted by Crippen LogP contribution is -2.21. The summed E-state index contributed by atoms with van der Waals surface area (Å²) in [6, 6.07) is 16.7. The average molecular weight is 577 g/mol. The number of amides is 2. The topological polar surface area (TPSA) is 89.0 Å². The Labute approximate surface area is 221 Å². The van der Waals surface area contributed by atoms with Crippen LogP contribution in [0.2, 0.25) is 5.02 Å². The molecule has 0 unspecified atom stereocenters. The molecule has 3 rings (SSSR count). The van der Waals surface area contributed by atoms with Crippen molar-refractivity contribution in [3.05, 3.63) is 87.1 Å². The summed E-state index contributed by atoms with van der Waals surface area (Å²) >= 11 is 9.43. The van der Waals surface area contributed by atoms with Crippen molar-refractivity contribution in [3.8, 4) is 11.5 Å². The molecule has 188 valence electrons. The van der Waals surface area contributed by atoms with Gasteiger partial charge in [0.15, 0.2) is 11.5 Å². The van der Waals surface area contributed by atoms with Crippen molar-refractivity contribution in [1.29, 1.82) is 0 Å². The Balaban J connectivity index is 1.54. The van der Waals surface area contributed by atoms with Gasteiger partial charge in [0, 0.05) is 17.9 Å². The third-order valence-electron chi connectivity index (χ3n) is 4.76. The van der Waals surface area contributed by atoms with Gasteiger partial charge in [0.1, 0.15) is 12.4 Å². The summed E-state index contributed by atoms with van der Waals surface area (Å²) in [6.45, 7) is 2.61. The van der Waals surface area contributed by atoms with Crippen molar-refractivity contribution < 1.29 is 23.5 Å². The number of anilines is 1. The van der Waals surface area contributed by atoms with Gasteiger partial charge in [-0.1, -0.05) is 35.9 Å². The summed E-state index contributed by atoms with van der Waals surface area (Å²) in [5.41, 5.74) is 4.05. The second-order valence-corrected chi connectivity index (χ2v) is 8.79. The van der Waals surface area contributed by atoms with Gasteiger partial charge in [-0.3, -0.25) is 9.59 Å². The first-order valence-corrected chi connectivity index (χ1v) is 12.2. The number of halogens is 3. The molecule has 0 aliphatic carbocycles. The van der Waals surface area contributed by atoms with Crippen LogP contribution >= 0.6 is 27.5 Å². The van der Waals surface area contributed by atoms with Crippen molar-refractivity contribution in [1.82, 2.24) is 5.43 Å². The third-order valence-corrected chi connectivity index (χ3v) is 5.60. The molecule has 2 amide bonds. The summed E-state index contributed by atoms with van der Waals surface area (Å²) in [5.74, 6) is -0.424. The molecule has 0 saturated carbocycles. The second kappa shape index (κ2) is 13.6. The van der Waals surface area contributed by atoms with Gasteiger partial charge in [0.05, 0.1) is 23.0 Å². The second-order valence-electron chi connectivity index (χ2n) is 7.50. The van der Waals surface area contributed by atoms with Gasteiger partial charge in [-0.2, -0.15) is 5.10 Å². The first-order valence-electron chi connectivity index (χ1n) is 11.1. The Morgan fingerprint density at radius 3 is 2.50 bits per heavy atom. The minimum absolute atomic E-state index is 0.0669. The van der Waals surface area contributed by atoms with Crippen LogP contribution in [-0.4, -0.2) is 24.6 Å². The third kappa shape index (κ3) is 8.35. The number of ether oxygens (including phenoxy) is 2. The van der Waals surface area contributed by atoms with E-state index in [1.807, 2.05) is 19.1 Å². The van der Waals surface area contributed by atoms with E-state index in [1.54, 1.807) is 30.3 Å². The van der Waals surface area contributed by atoms with E-state index in [4.69, 9.17) is 21.1 Å². The number of benzene rings is 3. The quantitative estimate of drug-likeness (QED) is 0.214. The highest BCUT2D eigenvalue weighted by atomic mass is 79.9. The van der Waals surface area contributed by atoms with E-state index >= 15 is 0 Å². The molecule has 0 fully saturated rings. The summed E-state index contributed by atoms with van der Waals surface area (Å²) in [5, 5.41) is 7.03. The van der Waals surface area contributed by atoms with Gasteiger partial charge in [-0.25, -0.2) is 9.82 Å². The predicted molar refractivity (Wildman–Crippen MR) is 141 cm³/mol. The number of hydrogen-bond donors (Lipinski definition) is 2. The Morgan fingerprint density at radius 1 is 1.06 bits per heavy atom. The largest absolute Gasteiger partial charge is 0.490 e. The highest BCUT2D eigenvalue weighted by molar-refractivity contribution is 9.10. The number of nitrogens with one attached hydrogen (secondary N) is 2. The molecule has 0 heterocycles. The first kappa shape index (κ1) is 27.2. The zero-order chi connectivity index (χ0) is 25.9. The van der Waals surface area contributed by atoms with E-state index in [0.29, 0.717) is 39.8 Å². The number of carbonyl (C=O) groups excluding carboxylic acids is 2. The maximum atomic E-state index is 13.6. The van der Waals surface area contributed by atoms with Crippen LogP contribution in [0, 0.1) is 5.82 Å². The predicted octanol–water partition coefficient (Wildman–Crippen LogP) is 6.09. The molecule has 0 aromatic heterocycles. The van der Waals surface area contributed by atoms with Crippen molar-refractivity contribution >= 4 is 51.2 Å². The molecule has 10 heteroatoms. The minimum atomic E-state index is -0.543. The van der Waals surface area contributed by atoms with Crippen LogP contribution in [0.1, 0.15) is 30.9 Å². The monoisotopic (exact) mass is 575 g/mol. The molecule has 0 aliphatic heterocycles. The molecule has 3 aromatic rings. The number of hydrazone groups is 1. The van der Waals surface area contributed by atoms with Gasteiger partial charge < -0.3 is 14.8 Å². The zero-order valence-electron chi connectivity index (χ0n) is 19.4. The zero-order valence-corrected chi connectivity index (χ0v) is 21.7. The van der Waals surface area contributed by atoms with Crippen LogP contribution in [-0.2, 0) is 16.2 Å². The number of carbonyl (C=O) groups is 2.